The largest absolute Gasteiger partial charge is 0.345 e. The fourth-order valence-electron chi connectivity index (χ4n) is 1.86. The van der Waals surface area contributed by atoms with Gasteiger partial charge >= 0.3 is 11.8 Å². The van der Waals surface area contributed by atoms with Crippen molar-refractivity contribution in [1.82, 2.24) is 5.32 Å². The number of hydrogen-bond acceptors (Lipinski definition) is 2. The van der Waals surface area contributed by atoms with E-state index in [0.29, 0.717) is 5.69 Å². The Morgan fingerprint density at radius 3 is 2.10 bits per heavy atom. The molecule has 4 heteroatoms. The van der Waals surface area contributed by atoms with Gasteiger partial charge in [0.2, 0.25) is 0 Å². The van der Waals surface area contributed by atoms with Crippen LogP contribution in [0.1, 0.15) is 47.1 Å². The zero-order valence-corrected chi connectivity index (χ0v) is 13.8. The van der Waals surface area contributed by atoms with E-state index in [2.05, 4.69) is 31.4 Å². The van der Waals surface area contributed by atoms with Gasteiger partial charge in [0.15, 0.2) is 0 Å². The Balaban J connectivity index is 2.83. The predicted molar refractivity (Wildman–Crippen MR) is 86.2 cm³/mol. The van der Waals surface area contributed by atoms with Crippen molar-refractivity contribution >= 4 is 17.5 Å². The molecule has 1 atom stereocenters. The predicted octanol–water partition coefficient (Wildman–Crippen LogP) is 3.08. The Morgan fingerprint density at radius 1 is 1.00 bits per heavy atom. The molecule has 0 aromatic heterocycles. The summed E-state index contributed by atoms with van der Waals surface area (Å²) < 4.78 is 0. The van der Waals surface area contributed by atoms with Crippen LogP contribution in [-0.2, 0) is 15.0 Å². The van der Waals surface area contributed by atoms with Crippen molar-refractivity contribution in [2.45, 2.75) is 53.0 Å². The van der Waals surface area contributed by atoms with Crippen molar-refractivity contribution in [3.63, 3.8) is 0 Å². The maximum atomic E-state index is 12.0. The van der Waals surface area contributed by atoms with Gasteiger partial charge in [-0.25, -0.2) is 0 Å². The van der Waals surface area contributed by atoms with Crippen LogP contribution in [0, 0.1) is 5.92 Å². The van der Waals surface area contributed by atoms with Gasteiger partial charge in [0, 0.05) is 11.7 Å². The summed E-state index contributed by atoms with van der Waals surface area (Å²) in [6, 6.07) is 7.51. The Morgan fingerprint density at radius 2 is 1.57 bits per heavy atom. The van der Waals surface area contributed by atoms with Crippen LogP contribution in [0.2, 0.25) is 0 Å². The Bertz CT molecular complexity index is 516. The van der Waals surface area contributed by atoms with Crippen molar-refractivity contribution in [3.8, 4) is 0 Å². The fourth-order valence-corrected chi connectivity index (χ4v) is 1.86. The van der Waals surface area contributed by atoms with Crippen LogP contribution in [0.3, 0.4) is 0 Å². The van der Waals surface area contributed by atoms with Gasteiger partial charge in [0.1, 0.15) is 0 Å². The zero-order valence-electron chi connectivity index (χ0n) is 13.8. The minimum atomic E-state index is -0.626. The summed E-state index contributed by atoms with van der Waals surface area (Å²) in [5, 5.41) is 5.42. The molecule has 0 fully saturated rings. The Hall–Kier alpha value is -1.84. The van der Waals surface area contributed by atoms with Crippen LogP contribution in [0.25, 0.3) is 0 Å². The van der Waals surface area contributed by atoms with Crippen molar-refractivity contribution in [2.24, 2.45) is 5.92 Å². The lowest BCUT2D eigenvalue weighted by Crippen LogP contribution is -2.42. The average molecular weight is 290 g/mol. The van der Waals surface area contributed by atoms with Crippen LogP contribution >= 0.6 is 0 Å². The second-order valence-electron chi connectivity index (χ2n) is 6.76. The van der Waals surface area contributed by atoms with E-state index < -0.39 is 11.8 Å². The first-order valence-electron chi connectivity index (χ1n) is 7.34. The number of nitrogens with one attached hydrogen (secondary N) is 2. The molecule has 0 saturated carbocycles. The van der Waals surface area contributed by atoms with Gasteiger partial charge in [-0.3, -0.25) is 9.59 Å². The molecule has 0 aliphatic rings. The summed E-state index contributed by atoms with van der Waals surface area (Å²) in [7, 11) is 0. The summed E-state index contributed by atoms with van der Waals surface area (Å²) >= 11 is 0. The molecule has 0 saturated heterocycles. The topological polar surface area (TPSA) is 58.2 Å². The fraction of sp³-hybridized carbons (Fsp3) is 0.529. The van der Waals surface area contributed by atoms with Crippen LogP contribution < -0.4 is 10.6 Å². The van der Waals surface area contributed by atoms with Crippen LogP contribution in [0.4, 0.5) is 5.69 Å². The van der Waals surface area contributed by atoms with Gasteiger partial charge in [0.25, 0.3) is 0 Å². The van der Waals surface area contributed by atoms with Crippen LogP contribution in [0.5, 0.6) is 0 Å². The maximum absolute atomic E-state index is 12.0. The molecule has 0 bridgehead atoms. The van der Waals surface area contributed by atoms with Gasteiger partial charge in [-0.2, -0.15) is 0 Å². The Kier molecular flexibility index (Phi) is 5.53. The van der Waals surface area contributed by atoms with Crippen LogP contribution in [-0.4, -0.2) is 17.9 Å². The molecule has 0 aliphatic carbocycles. The molecular weight excluding hydrogens is 264 g/mol. The molecule has 0 spiro atoms. The molecule has 1 rings (SSSR count). The van der Waals surface area contributed by atoms with Gasteiger partial charge in [-0.15, -0.1) is 0 Å². The SMILES string of the molecule is CC(C)[C@@H](C)NC(=O)C(=O)Nc1ccccc1C(C)(C)C. The summed E-state index contributed by atoms with van der Waals surface area (Å²) in [5.41, 5.74) is 1.58. The molecule has 2 amide bonds. The molecular formula is C17H26N2O2. The molecule has 2 N–H and O–H groups in total. The highest BCUT2D eigenvalue weighted by Crippen LogP contribution is 2.29. The highest BCUT2D eigenvalue weighted by Gasteiger charge is 2.22. The lowest BCUT2D eigenvalue weighted by atomic mass is 9.86. The standard InChI is InChI=1S/C17H26N2O2/c1-11(2)12(3)18-15(20)16(21)19-14-10-8-7-9-13(14)17(4,5)6/h7-12H,1-6H3,(H,18,20)(H,19,21)/t12-/m1/s1. The number of carbonyl (C=O) groups excluding carboxylic acids is 2. The van der Waals surface area contributed by atoms with Gasteiger partial charge in [0.05, 0.1) is 0 Å². The normalized spacial score (nSPS) is 12.9. The van der Waals surface area contributed by atoms with Crippen molar-refractivity contribution in [3.05, 3.63) is 29.8 Å². The third-order valence-electron chi connectivity index (χ3n) is 3.55. The molecule has 0 unspecified atom stereocenters. The molecule has 4 nitrogen and oxygen atoms in total. The number of amides is 2. The molecule has 1 aromatic rings. The molecule has 0 heterocycles. The number of hydrogen-bond donors (Lipinski definition) is 2. The minimum Gasteiger partial charge on any atom is -0.345 e. The van der Waals surface area contributed by atoms with Crippen molar-refractivity contribution < 1.29 is 9.59 Å². The maximum Gasteiger partial charge on any atom is 0.313 e. The number of rotatable bonds is 3. The second-order valence-corrected chi connectivity index (χ2v) is 6.76. The van der Waals surface area contributed by atoms with Gasteiger partial charge in [-0.05, 0) is 29.9 Å². The average Bonchev–Trinajstić information content (AvgIpc) is 2.37. The van der Waals surface area contributed by atoms with E-state index >= 15 is 0 Å². The smallest absolute Gasteiger partial charge is 0.313 e. The lowest BCUT2D eigenvalue weighted by molar-refractivity contribution is -0.136. The Labute approximate surface area is 127 Å². The third-order valence-corrected chi connectivity index (χ3v) is 3.55. The number of carbonyl (C=O) groups is 2. The van der Waals surface area contributed by atoms with Crippen molar-refractivity contribution in [1.29, 1.82) is 0 Å². The van der Waals surface area contributed by atoms with E-state index in [0.717, 1.165) is 5.56 Å². The first kappa shape index (κ1) is 17.2. The zero-order chi connectivity index (χ0) is 16.2. The third kappa shape index (κ3) is 4.88. The van der Waals surface area contributed by atoms with Crippen molar-refractivity contribution in [2.75, 3.05) is 5.32 Å². The first-order valence-corrected chi connectivity index (χ1v) is 7.34. The molecule has 116 valence electrons. The molecule has 0 aliphatic heterocycles. The first-order chi connectivity index (χ1) is 9.62. The van der Waals surface area contributed by atoms with Gasteiger partial charge < -0.3 is 10.6 Å². The number of anilines is 1. The summed E-state index contributed by atoms with van der Waals surface area (Å²) in [6.45, 7) is 12.1. The van der Waals surface area contributed by atoms with E-state index in [1.165, 1.54) is 0 Å². The van der Waals surface area contributed by atoms with Gasteiger partial charge in [-0.1, -0.05) is 52.8 Å². The quantitative estimate of drug-likeness (QED) is 0.840. The monoisotopic (exact) mass is 290 g/mol. The van der Waals surface area contributed by atoms with E-state index in [1.54, 1.807) is 0 Å². The summed E-state index contributed by atoms with van der Waals surface area (Å²) in [5.74, 6) is -0.942. The van der Waals surface area contributed by atoms with E-state index in [1.807, 2.05) is 45.0 Å². The van der Waals surface area contributed by atoms with E-state index in [4.69, 9.17) is 0 Å². The lowest BCUT2D eigenvalue weighted by Gasteiger charge is -2.23. The second kappa shape index (κ2) is 6.74. The van der Waals surface area contributed by atoms with E-state index in [-0.39, 0.29) is 17.4 Å². The number of para-hydroxylation sites is 1. The number of benzene rings is 1. The highest BCUT2D eigenvalue weighted by molar-refractivity contribution is 6.39. The summed E-state index contributed by atoms with van der Waals surface area (Å²) in [6.07, 6.45) is 0. The molecule has 21 heavy (non-hydrogen) atoms. The minimum absolute atomic E-state index is 0.0406. The highest BCUT2D eigenvalue weighted by atomic mass is 16.2. The molecule has 1 aromatic carbocycles. The van der Waals surface area contributed by atoms with E-state index in [9.17, 15) is 9.59 Å². The summed E-state index contributed by atoms with van der Waals surface area (Å²) in [4.78, 5) is 23.9. The molecule has 0 radical (unpaired) electrons. The van der Waals surface area contributed by atoms with Crippen LogP contribution in [0.15, 0.2) is 24.3 Å².